The van der Waals surface area contributed by atoms with Crippen molar-refractivity contribution < 1.29 is 22.7 Å². The quantitative estimate of drug-likeness (QED) is 0.299. The van der Waals surface area contributed by atoms with Crippen LogP contribution < -0.4 is 15.5 Å². The molecule has 0 radical (unpaired) electrons. The molecule has 2 aliphatic heterocycles. The van der Waals surface area contributed by atoms with E-state index in [1.54, 1.807) is 6.07 Å². The van der Waals surface area contributed by atoms with Crippen molar-refractivity contribution in [2.75, 3.05) is 62.0 Å². The number of alkyl halides is 3. The molecule has 0 aliphatic carbocycles. The molecule has 14 heteroatoms. The second-order valence-corrected chi connectivity index (χ2v) is 11.6. The minimum absolute atomic E-state index is 0.100. The van der Waals surface area contributed by atoms with Gasteiger partial charge in [-0.3, -0.25) is 4.79 Å². The summed E-state index contributed by atoms with van der Waals surface area (Å²) in [5.41, 5.74) is 0.766. The van der Waals surface area contributed by atoms with E-state index in [0.29, 0.717) is 30.7 Å². The number of amides is 1. The number of ether oxygens (including phenoxy) is 1. The van der Waals surface area contributed by atoms with E-state index in [9.17, 15) is 18.0 Å². The Morgan fingerprint density at radius 3 is 2.51 bits per heavy atom. The summed E-state index contributed by atoms with van der Waals surface area (Å²) in [5, 5.41) is 10.7. The van der Waals surface area contributed by atoms with Crippen LogP contribution in [0.4, 0.5) is 30.4 Å². The van der Waals surface area contributed by atoms with Gasteiger partial charge in [-0.1, -0.05) is 18.2 Å². The number of nitrogens with one attached hydrogen (secondary N) is 2. The van der Waals surface area contributed by atoms with Crippen LogP contribution in [0.3, 0.4) is 0 Å². The third-order valence-corrected chi connectivity index (χ3v) is 8.41. The van der Waals surface area contributed by atoms with Crippen molar-refractivity contribution in [3.05, 3.63) is 66.0 Å². The van der Waals surface area contributed by atoms with E-state index in [1.807, 2.05) is 42.5 Å². The summed E-state index contributed by atoms with van der Waals surface area (Å²) < 4.78 is 47.6. The number of hydrogen-bond donors (Lipinski definition) is 2. The number of fused-ring (bicyclic) bond motifs is 1. The summed E-state index contributed by atoms with van der Waals surface area (Å²) in [6.07, 6.45) is -2.45. The number of rotatable bonds is 7. The van der Waals surface area contributed by atoms with Crippen LogP contribution in [0, 0.1) is 0 Å². The van der Waals surface area contributed by atoms with Crippen molar-refractivity contribution >= 4 is 46.2 Å². The lowest BCUT2D eigenvalue weighted by molar-refractivity contribution is -0.141. The van der Waals surface area contributed by atoms with E-state index in [4.69, 9.17) is 4.74 Å². The van der Waals surface area contributed by atoms with Crippen molar-refractivity contribution in [1.82, 2.24) is 24.1 Å². The van der Waals surface area contributed by atoms with Crippen LogP contribution >= 0.6 is 11.9 Å². The van der Waals surface area contributed by atoms with Crippen molar-refractivity contribution in [1.29, 1.82) is 0 Å². The second kappa shape index (κ2) is 12.4. The van der Waals surface area contributed by atoms with Crippen molar-refractivity contribution in [3.63, 3.8) is 0 Å². The third kappa shape index (κ3) is 6.71. The van der Waals surface area contributed by atoms with E-state index in [-0.39, 0.29) is 23.0 Å². The molecule has 2 aromatic carbocycles. The number of anilines is 3. The molecule has 2 N–H and O–H groups in total. The number of halogens is 3. The largest absolute Gasteiger partial charge is 0.434 e. The highest BCUT2D eigenvalue weighted by molar-refractivity contribution is 7.97. The maximum atomic E-state index is 13.8. The normalized spacial score (nSPS) is 16.9. The molecule has 4 heterocycles. The van der Waals surface area contributed by atoms with Gasteiger partial charge in [-0.2, -0.15) is 17.3 Å². The number of aromatic nitrogens is 4. The molecule has 43 heavy (non-hydrogen) atoms. The van der Waals surface area contributed by atoms with Crippen molar-refractivity contribution in [2.45, 2.75) is 30.0 Å². The smallest absolute Gasteiger partial charge is 0.381 e. The minimum Gasteiger partial charge on any atom is -0.381 e. The molecule has 6 rings (SSSR count). The zero-order valence-corrected chi connectivity index (χ0v) is 24.3. The number of hydrogen-bond acceptors (Lipinski definition) is 9. The Morgan fingerprint density at radius 2 is 1.79 bits per heavy atom. The van der Waals surface area contributed by atoms with E-state index in [0.717, 1.165) is 61.6 Å². The van der Waals surface area contributed by atoms with Crippen LogP contribution in [0.2, 0.25) is 0 Å². The van der Waals surface area contributed by atoms with Gasteiger partial charge in [0.1, 0.15) is 0 Å². The fourth-order valence-electron chi connectivity index (χ4n) is 5.08. The van der Waals surface area contributed by atoms with Gasteiger partial charge in [-0.25, -0.2) is 9.97 Å². The molecular weight excluding hydrogens is 581 g/mol. The maximum absolute atomic E-state index is 13.8. The molecule has 2 saturated heterocycles. The van der Waals surface area contributed by atoms with Crippen molar-refractivity contribution in [2.24, 2.45) is 0 Å². The lowest BCUT2D eigenvalue weighted by Crippen LogP contribution is -2.44. The highest BCUT2D eigenvalue weighted by Crippen LogP contribution is 2.33. The fourth-order valence-corrected chi connectivity index (χ4v) is 5.90. The minimum atomic E-state index is -4.71. The predicted molar refractivity (Wildman–Crippen MR) is 160 cm³/mol. The van der Waals surface area contributed by atoms with E-state index < -0.39 is 17.8 Å². The van der Waals surface area contributed by atoms with E-state index in [2.05, 4.69) is 42.5 Å². The monoisotopic (exact) mass is 612 g/mol. The Morgan fingerprint density at radius 1 is 1.05 bits per heavy atom. The van der Waals surface area contributed by atoms with E-state index >= 15 is 0 Å². The summed E-state index contributed by atoms with van der Waals surface area (Å²) >= 11 is 1.16. The van der Waals surface area contributed by atoms with Crippen LogP contribution in [0.1, 0.15) is 28.9 Å². The summed E-state index contributed by atoms with van der Waals surface area (Å²) in [5.74, 6) is -0.628. The molecule has 2 aliphatic rings. The first-order valence-electron chi connectivity index (χ1n) is 14.0. The number of carbonyl (C=O) groups excluding carboxylic acids is 1. The van der Waals surface area contributed by atoms with Crippen LogP contribution in [0.5, 0.6) is 0 Å². The number of nitrogens with zero attached hydrogens (tertiary/aromatic N) is 6. The Bertz CT molecular complexity index is 1590. The Kier molecular flexibility index (Phi) is 8.41. The number of piperazine rings is 1. The molecule has 2 aromatic heterocycles. The number of carbonyl (C=O) groups is 1. The summed E-state index contributed by atoms with van der Waals surface area (Å²) in [4.78, 5) is 26.9. The molecule has 0 spiro atoms. The van der Waals surface area contributed by atoms with E-state index in [1.165, 1.54) is 4.09 Å². The van der Waals surface area contributed by atoms with Gasteiger partial charge in [0.25, 0.3) is 5.91 Å². The standard InChI is InChI=1S/C29H31F3N8O2S/c1-38-11-13-39(14-12-38)20-7-8-22(23(17-20)34-19-9-15-42-16-10-19)28(41)36-26-25-27(33-18-24(35-25)29(30,31)32)40(37-26)43-21-5-3-2-4-6-21/h2-8,17-19,34H,9-16H2,1H3,(H,36,37,41). The van der Waals surface area contributed by atoms with Gasteiger partial charge in [0.15, 0.2) is 22.7 Å². The predicted octanol–water partition coefficient (Wildman–Crippen LogP) is 5.00. The molecular formula is C29H31F3N8O2S. The van der Waals surface area contributed by atoms with Crippen LogP contribution in [0.15, 0.2) is 59.6 Å². The molecule has 226 valence electrons. The van der Waals surface area contributed by atoms with Gasteiger partial charge < -0.3 is 25.2 Å². The SMILES string of the molecule is CN1CCN(c2ccc(C(=O)Nc3nn(Sc4ccccc4)c4ncc(C(F)(F)F)nc34)c(NC3CCOCC3)c2)CC1. The van der Waals surface area contributed by atoms with Gasteiger partial charge in [0.05, 0.1) is 11.8 Å². The molecule has 1 amide bonds. The van der Waals surface area contributed by atoms with Crippen LogP contribution in [-0.2, 0) is 10.9 Å². The molecule has 0 bridgehead atoms. The second-order valence-electron chi connectivity index (χ2n) is 10.6. The lowest BCUT2D eigenvalue weighted by atomic mass is 10.1. The maximum Gasteiger partial charge on any atom is 0.434 e. The first kappa shape index (κ1) is 29.2. The third-order valence-electron chi connectivity index (χ3n) is 7.50. The molecule has 0 saturated carbocycles. The average Bonchev–Trinajstić information content (AvgIpc) is 3.34. The first-order chi connectivity index (χ1) is 20.7. The average molecular weight is 613 g/mol. The summed E-state index contributed by atoms with van der Waals surface area (Å²) in [6, 6.07) is 14.9. The zero-order valence-electron chi connectivity index (χ0n) is 23.5. The number of likely N-dealkylation sites (N-methyl/N-ethyl adjacent to an activating group) is 1. The van der Waals surface area contributed by atoms with Gasteiger partial charge >= 0.3 is 6.18 Å². The summed E-state index contributed by atoms with van der Waals surface area (Å²) in [7, 11) is 2.09. The van der Waals surface area contributed by atoms with Gasteiger partial charge in [0.2, 0.25) is 0 Å². The molecule has 0 unspecified atom stereocenters. The Labute approximate surface area is 250 Å². The topological polar surface area (TPSA) is 100 Å². The molecule has 2 fully saturated rings. The highest BCUT2D eigenvalue weighted by Gasteiger charge is 2.34. The van der Waals surface area contributed by atoms with Gasteiger partial charge in [0, 0.05) is 73.7 Å². The molecule has 0 atom stereocenters. The van der Waals surface area contributed by atoms with Gasteiger partial charge in [-0.05, 0) is 50.2 Å². The molecule has 10 nitrogen and oxygen atoms in total. The zero-order chi connectivity index (χ0) is 30.0. The fraction of sp³-hybridized carbons (Fsp3) is 0.379. The molecule has 4 aromatic rings. The van der Waals surface area contributed by atoms with Gasteiger partial charge in [-0.15, -0.1) is 5.10 Å². The summed E-state index contributed by atoms with van der Waals surface area (Å²) in [6.45, 7) is 4.84. The van der Waals surface area contributed by atoms with Crippen molar-refractivity contribution in [3.8, 4) is 0 Å². The number of benzene rings is 2. The highest BCUT2D eigenvalue weighted by atomic mass is 32.2. The lowest BCUT2D eigenvalue weighted by Gasteiger charge is -2.34. The first-order valence-corrected chi connectivity index (χ1v) is 14.8. The Hall–Kier alpha value is -3.88. The van der Waals surface area contributed by atoms with Crippen LogP contribution in [-0.4, -0.2) is 82.4 Å². The Balaban J connectivity index is 1.34. The van der Waals surface area contributed by atoms with Crippen LogP contribution in [0.25, 0.3) is 11.2 Å².